The summed E-state index contributed by atoms with van der Waals surface area (Å²) in [5.74, 6) is -0.761. The van der Waals surface area contributed by atoms with Gasteiger partial charge in [0.1, 0.15) is 12.6 Å². The van der Waals surface area contributed by atoms with Gasteiger partial charge in [0.2, 0.25) is 11.8 Å². The first-order valence-corrected chi connectivity index (χ1v) is 16.4. The molecule has 7 nitrogen and oxygen atoms in total. The van der Waals surface area contributed by atoms with Crippen molar-refractivity contribution in [2.75, 3.05) is 10.8 Å². The van der Waals surface area contributed by atoms with Crippen LogP contribution in [-0.4, -0.2) is 43.8 Å². The molecule has 0 bridgehead atoms. The molecule has 2 atom stereocenters. The van der Waals surface area contributed by atoms with E-state index in [-0.39, 0.29) is 29.8 Å². The van der Waals surface area contributed by atoms with Crippen molar-refractivity contribution in [1.29, 1.82) is 0 Å². The predicted octanol–water partition coefficient (Wildman–Crippen LogP) is 6.05. The van der Waals surface area contributed by atoms with Crippen LogP contribution < -0.4 is 9.62 Å². The number of hydrogen-bond acceptors (Lipinski definition) is 4. The van der Waals surface area contributed by atoms with Crippen molar-refractivity contribution in [2.45, 2.75) is 64.1 Å². The van der Waals surface area contributed by atoms with Gasteiger partial charge in [0, 0.05) is 19.0 Å². The zero-order valence-corrected chi connectivity index (χ0v) is 26.6. The van der Waals surface area contributed by atoms with Gasteiger partial charge >= 0.3 is 0 Å². The third-order valence-electron chi connectivity index (χ3n) is 7.86. The number of amides is 2. The molecule has 1 N–H and O–H groups in total. The lowest BCUT2D eigenvalue weighted by Gasteiger charge is -2.34. The van der Waals surface area contributed by atoms with Crippen molar-refractivity contribution in [1.82, 2.24) is 10.2 Å². The molecule has 0 aromatic heterocycles. The summed E-state index contributed by atoms with van der Waals surface area (Å²) in [4.78, 5) is 30.0. The topological polar surface area (TPSA) is 86.8 Å². The highest BCUT2D eigenvalue weighted by atomic mass is 32.2. The van der Waals surface area contributed by atoms with E-state index in [0.717, 1.165) is 33.0 Å². The summed E-state index contributed by atoms with van der Waals surface area (Å²) in [5, 5.41) is 3.06. The number of hydrogen-bond donors (Lipinski definition) is 1. The zero-order chi connectivity index (χ0) is 31.7. The fraction of sp³-hybridized carbons (Fsp3) is 0.278. The third-order valence-corrected chi connectivity index (χ3v) is 9.64. The summed E-state index contributed by atoms with van der Waals surface area (Å²) >= 11 is 0. The van der Waals surface area contributed by atoms with Crippen LogP contribution in [0.25, 0.3) is 0 Å². The van der Waals surface area contributed by atoms with E-state index in [4.69, 9.17) is 0 Å². The van der Waals surface area contributed by atoms with Gasteiger partial charge in [-0.1, -0.05) is 91.9 Å². The molecule has 2 amide bonds. The van der Waals surface area contributed by atoms with Crippen molar-refractivity contribution < 1.29 is 18.0 Å². The number of aryl methyl sites for hydroxylation is 2. The Balaban J connectivity index is 1.80. The molecule has 44 heavy (non-hydrogen) atoms. The molecule has 4 aromatic carbocycles. The molecule has 0 aliphatic rings. The average molecular weight is 612 g/mol. The molecule has 0 aliphatic carbocycles. The number of anilines is 1. The van der Waals surface area contributed by atoms with Crippen LogP contribution in [0.5, 0.6) is 0 Å². The molecule has 0 heterocycles. The van der Waals surface area contributed by atoms with E-state index in [9.17, 15) is 18.0 Å². The molecular formula is C36H41N3O4S. The predicted molar refractivity (Wildman–Crippen MR) is 176 cm³/mol. The molecule has 0 saturated heterocycles. The zero-order valence-electron chi connectivity index (χ0n) is 25.8. The normalized spacial score (nSPS) is 12.6. The smallest absolute Gasteiger partial charge is 0.264 e. The van der Waals surface area contributed by atoms with E-state index in [1.807, 2.05) is 94.4 Å². The second kappa shape index (κ2) is 14.8. The summed E-state index contributed by atoms with van der Waals surface area (Å²) in [6.07, 6.45) is 1.00. The standard InChI is InChI=1S/C36H41N3O4S/c1-5-29(4)37-36(41)34(24-30-15-9-6-10-16-30)38(25-31-17-11-7-12-18-31)35(40)26-39(32-22-21-27(2)28(3)23-32)44(42,43)33-19-13-8-14-20-33/h6-23,29,34H,5,24-26H2,1-4H3,(H,37,41)/t29-,34-/m1/s1. The van der Waals surface area contributed by atoms with Crippen LogP contribution in [0.4, 0.5) is 5.69 Å². The molecule has 230 valence electrons. The summed E-state index contributed by atoms with van der Waals surface area (Å²) in [6.45, 7) is 7.43. The van der Waals surface area contributed by atoms with Gasteiger partial charge in [-0.05, 0) is 73.7 Å². The Morgan fingerprint density at radius 1 is 0.773 bits per heavy atom. The average Bonchev–Trinajstić information content (AvgIpc) is 3.04. The van der Waals surface area contributed by atoms with Crippen molar-refractivity contribution in [3.63, 3.8) is 0 Å². The summed E-state index contributed by atoms with van der Waals surface area (Å²) in [5.41, 5.74) is 4.02. The van der Waals surface area contributed by atoms with E-state index < -0.39 is 28.5 Å². The van der Waals surface area contributed by atoms with Crippen molar-refractivity contribution >= 4 is 27.5 Å². The van der Waals surface area contributed by atoms with E-state index in [0.29, 0.717) is 5.69 Å². The summed E-state index contributed by atoms with van der Waals surface area (Å²) in [7, 11) is -4.13. The first-order valence-electron chi connectivity index (χ1n) is 14.9. The van der Waals surface area contributed by atoms with Crippen LogP contribution in [0.1, 0.15) is 42.5 Å². The Bertz CT molecular complexity index is 1650. The van der Waals surface area contributed by atoms with Crippen molar-refractivity contribution in [3.8, 4) is 0 Å². The highest BCUT2D eigenvalue weighted by Crippen LogP contribution is 2.27. The molecule has 0 spiro atoms. The third kappa shape index (κ3) is 8.14. The van der Waals surface area contributed by atoms with Crippen LogP contribution in [0, 0.1) is 13.8 Å². The van der Waals surface area contributed by atoms with Gasteiger partial charge < -0.3 is 10.2 Å². The SMILES string of the molecule is CC[C@@H](C)NC(=O)[C@@H](Cc1ccccc1)N(Cc1ccccc1)C(=O)CN(c1ccc(C)c(C)c1)S(=O)(=O)c1ccccc1. The molecule has 0 radical (unpaired) electrons. The number of benzene rings is 4. The number of carbonyl (C=O) groups is 2. The maximum absolute atomic E-state index is 14.5. The van der Waals surface area contributed by atoms with E-state index in [1.54, 1.807) is 30.3 Å². The lowest BCUT2D eigenvalue weighted by molar-refractivity contribution is -0.140. The highest BCUT2D eigenvalue weighted by Gasteiger charge is 2.35. The maximum atomic E-state index is 14.5. The number of sulfonamides is 1. The van der Waals surface area contributed by atoms with Gasteiger partial charge in [-0.2, -0.15) is 0 Å². The quantitative estimate of drug-likeness (QED) is 0.199. The maximum Gasteiger partial charge on any atom is 0.264 e. The van der Waals surface area contributed by atoms with Gasteiger partial charge in [0.25, 0.3) is 10.0 Å². The Hall–Kier alpha value is -4.43. The molecule has 4 rings (SSSR count). The van der Waals surface area contributed by atoms with E-state index in [2.05, 4.69) is 5.32 Å². The van der Waals surface area contributed by atoms with E-state index >= 15 is 0 Å². The Morgan fingerprint density at radius 3 is 1.91 bits per heavy atom. The lowest BCUT2D eigenvalue weighted by atomic mass is 10.0. The Labute approximate surface area is 261 Å². The highest BCUT2D eigenvalue weighted by molar-refractivity contribution is 7.92. The summed E-state index contributed by atoms with van der Waals surface area (Å²) < 4.78 is 29.4. The molecule has 0 fully saturated rings. The van der Waals surface area contributed by atoms with Gasteiger partial charge in [0.05, 0.1) is 10.6 Å². The Morgan fingerprint density at radius 2 is 1.34 bits per heavy atom. The molecule has 4 aromatic rings. The van der Waals surface area contributed by atoms with E-state index in [1.165, 1.54) is 17.0 Å². The fourth-order valence-electron chi connectivity index (χ4n) is 4.90. The number of carbonyl (C=O) groups excluding carboxylic acids is 2. The first kappa shape index (κ1) is 32.5. The number of rotatable bonds is 13. The minimum absolute atomic E-state index is 0.0796. The van der Waals surface area contributed by atoms with Gasteiger partial charge in [0.15, 0.2) is 0 Å². The second-order valence-electron chi connectivity index (χ2n) is 11.1. The van der Waals surface area contributed by atoms with Crippen LogP contribution in [0.15, 0.2) is 114 Å². The van der Waals surface area contributed by atoms with Crippen LogP contribution in [0.3, 0.4) is 0 Å². The fourth-order valence-corrected chi connectivity index (χ4v) is 6.33. The molecule has 0 saturated carbocycles. The number of nitrogens with one attached hydrogen (secondary N) is 1. The first-order chi connectivity index (χ1) is 21.1. The van der Waals surface area contributed by atoms with Crippen LogP contribution in [-0.2, 0) is 32.6 Å². The minimum atomic E-state index is -4.13. The van der Waals surface area contributed by atoms with Gasteiger partial charge in [-0.3, -0.25) is 13.9 Å². The van der Waals surface area contributed by atoms with Crippen LogP contribution >= 0.6 is 0 Å². The van der Waals surface area contributed by atoms with Gasteiger partial charge in [-0.15, -0.1) is 0 Å². The van der Waals surface area contributed by atoms with Crippen LogP contribution in [0.2, 0.25) is 0 Å². The summed E-state index contributed by atoms with van der Waals surface area (Å²) in [6, 6.07) is 31.5. The number of nitrogens with zero attached hydrogens (tertiary/aromatic N) is 2. The second-order valence-corrected chi connectivity index (χ2v) is 13.0. The molecule has 8 heteroatoms. The lowest BCUT2D eigenvalue weighted by Crippen LogP contribution is -2.54. The van der Waals surface area contributed by atoms with Gasteiger partial charge in [-0.25, -0.2) is 8.42 Å². The monoisotopic (exact) mass is 611 g/mol. The Kier molecular flexibility index (Phi) is 11.0. The largest absolute Gasteiger partial charge is 0.352 e. The minimum Gasteiger partial charge on any atom is -0.352 e. The molecule has 0 aliphatic heterocycles. The van der Waals surface area contributed by atoms with Crippen molar-refractivity contribution in [3.05, 3.63) is 131 Å². The van der Waals surface area contributed by atoms with Crippen molar-refractivity contribution in [2.24, 2.45) is 0 Å². The molecular weight excluding hydrogens is 570 g/mol. The molecule has 0 unspecified atom stereocenters.